The van der Waals surface area contributed by atoms with E-state index in [9.17, 15) is 9.59 Å². The van der Waals surface area contributed by atoms with Gasteiger partial charge in [0.05, 0.1) is 5.56 Å². The summed E-state index contributed by atoms with van der Waals surface area (Å²) in [6.07, 6.45) is 0. The second kappa shape index (κ2) is 6.55. The van der Waals surface area contributed by atoms with Crippen molar-refractivity contribution < 1.29 is 14.7 Å². The summed E-state index contributed by atoms with van der Waals surface area (Å²) in [5, 5.41) is 13.5. The summed E-state index contributed by atoms with van der Waals surface area (Å²) in [6.45, 7) is 5.13. The number of carboxylic acids is 1. The van der Waals surface area contributed by atoms with E-state index < -0.39 is 5.97 Å². The van der Waals surface area contributed by atoms with E-state index in [0.29, 0.717) is 5.69 Å². The highest BCUT2D eigenvalue weighted by Gasteiger charge is 2.16. The molecule has 1 aromatic carbocycles. The topological polar surface area (TPSA) is 84.9 Å². The van der Waals surface area contributed by atoms with Crippen molar-refractivity contribution in [3.63, 3.8) is 0 Å². The molecule has 0 spiro atoms. The maximum atomic E-state index is 12.0. The van der Waals surface area contributed by atoms with Crippen molar-refractivity contribution in [1.82, 2.24) is 15.3 Å². The quantitative estimate of drug-likeness (QED) is 0.773. The number of benzene rings is 1. The molecule has 0 bridgehead atoms. The molecule has 0 saturated carbocycles. The Labute approximate surface area is 123 Å². The zero-order valence-corrected chi connectivity index (χ0v) is 12.2. The molecule has 1 aliphatic heterocycles. The number of hydrazine groups is 1. The van der Waals surface area contributed by atoms with Crippen LogP contribution < -0.4 is 10.7 Å². The van der Waals surface area contributed by atoms with Gasteiger partial charge in [0.2, 0.25) is 0 Å². The number of amides is 2. The van der Waals surface area contributed by atoms with E-state index in [1.54, 1.807) is 6.07 Å². The van der Waals surface area contributed by atoms with Gasteiger partial charge in [-0.05, 0) is 31.7 Å². The third-order valence-electron chi connectivity index (χ3n) is 3.50. The molecule has 2 amide bonds. The number of aromatic carboxylic acids is 1. The lowest BCUT2D eigenvalue weighted by Crippen LogP contribution is -2.53. The lowest BCUT2D eigenvalue weighted by Gasteiger charge is -2.32. The number of carboxylic acid groups (broad SMARTS) is 1. The van der Waals surface area contributed by atoms with Gasteiger partial charge >= 0.3 is 12.0 Å². The molecule has 0 atom stereocenters. The maximum absolute atomic E-state index is 12.0. The molecular formula is C14H20N4O3. The van der Waals surface area contributed by atoms with E-state index in [1.807, 2.05) is 19.0 Å². The number of hydrogen-bond acceptors (Lipinski definition) is 4. The van der Waals surface area contributed by atoms with Crippen molar-refractivity contribution in [3.05, 3.63) is 29.3 Å². The fourth-order valence-electron chi connectivity index (χ4n) is 2.10. The van der Waals surface area contributed by atoms with Crippen molar-refractivity contribution in [3.8, 4) is 0 Å². The van der Waals surface area contributed by atoms with E-state index in [1.165, 1.54) is 12.1 Å². The number of carbonyl (C=O) groups is 2. The fourth-order valence-corrected chi connectivity index (χ4v) is 2.10. The molecule has 1 aromatic rings. The number of hydrogen-bond donors (Lipinski definition) is 3. The van der Waals surface area contributed by atoms with Gasteiger partial charge in [0.15, 0.2) is 0 Å². The number of rotatable bonds is 3. The van der Waals surface area contributed by atoms with Gasteiger partial charge in [-0.1, -0.05) is 6.07 Å². The summed E-state index contributed by atoms with van der Waals surface area (Å²) in [5.74, 6) is -1.02. The number of anilines is 1. The molecule has 1 aliphatic rings. The van der Waals surface area contributed by atoms with Gasteiger partial charge in [-0.25, -0.2) is 14.6 Å². The summed E-state index contributed by atoms with van der Waals surface area (Å²) in [4.78, 5) is 25.1. The second-order valence-electron chi connectivity index (χ2n) is 5.19. The Balaban J connectivity index is 1.96. The van der Waals surface area contributed by atoms with Crippen LogP contribution in [0.5, 0.6) is 0 Å². The highest BCUT2D eigenvalue weighted by atomic mass is 16.4. The normalized spacial score (nSPS) is 16.5. The van der Waals surface area contributed by atoms with Gasteiger partial charge in [-0.2, -0.15) is 0 Å². The van der Waals surface area contributed by atoms with Crippen molar-refractivity contribution >= 4 is 17.7 Å². The molecule has 114 valence electrons. The number of carbonyl (C=O) groups excluding carboxylic acids is 1. The molecule has 3 N–H and O–H groups in total. The molecule has 2 rings (SSSR count). The fraction of sp³-hybridized carbons (Fsp3) is 0.429. The Morgan fingerprint density at radius 2 is 1.86 bits per heavy atom. The third kappa shape index (κ3) is 4.17. The van der Waals surface area contributed by atoms with Crippen LogP contribution in [0.4, 0.5) is 10.5 Å². The third-order valence-corrected chi connectivity index (χ3v) is 3.50. The lowest BCUT2D eigenvalue weighted by molar-refractivity contribution is 0.0697. The Morgan fingerprint density at radius 3 is 2.48 bits per heavy atom. The van der Waals surface area contributed by atoms with Crippen LogP contribution in [0.2, 0.25) is 0 Å². The van der Waals surface area contributed by atoms with E-state index in [-0.39, 0.29) is 11.6 Å². The van der Waals surface area contributed by atoms with Crippen molar-refractivity contribution in [2.45, 2.75) is 6.92 Å². The van der Waals surface area contributed by atoms with Crippen molar-refractivity contribution in [2.24, 2.45) is 0 Å². The Hall–Kier alpha value is -2.12. The Bertz CT molecular complexity index is 539. The van der Waals surface area contributed by atoms with E-state index >= 15 is 0 Å². The molecule has 1 fully saturated rings. The van der Waals surface area contributed by atoms with Gasteiger partial charge in [-0.3, -0.25) is 5.43 Å². The molecule has 1 heterocycles. The maximum Gasteiger partial charge on any atom is 0.335 e. The standard InChI is InChI=1S/C14H20N4O3/c1-10-3-4-11(13(19)20)9-12(10)15-14(21)16-18-7-5-17(2)6-8-18/h3-4,9H,5-8H2,1-2H3,(H,19,20)(H2,15,16,21). The van der Waals surface area contributed by atoms with E-state index in [4.69, 9.17) is 5.11 Å². The number of piperazine rings is 1. The average molecular weight is 292 g/mol. The van der Waals surface area contributed by atoms with Crippen LogP contribution in [0.25, 0.3) is 0 Å². The second-order valence-corrected chi connectivity index (χ2v) is 5.19. The number of aryl methyl sites for hydroxylation is 1. The molecule has 0 unspecified atom stereocenters. The van der Waals surface area contributed by atoms with Crippen LogP contribution in [0, 0.1) is 6.92 Å². The summed E-state index contributed by atoms with van der Waals surface area (Å²) >= 11 is 0. The largest absolute Gasteiger partial charge is 0.478 e. The van der Waals surface area contributed by atoms with E-state index in [0.717, 1.165) is 31.7 Å². The van der Waals surface area contributed by atoms with Crippen LogP contribution >= 0.6 is 0 Å². The molecule has 7 nitrogen and oxygen atoms in total. The first-order chi connectivity index (χ1) is 9.95. The first-order valence-electron chi connectivity index (χ1n) is 6.81. The van der Waals surface area contributed by atoms with Crippen molar-refractivity contribution in [1.29, 1.82) is 0 Å². The number of likely N-dealkylation sites (N-methyl/N-ethyl adjacent to an activating group) is 1. The molecule has 1 saturated heterocycles. The number of nitrogens with one attached hydrogen (secondary N) is 2. The first kappa shape index (κ1) is 15.3. The lowest BCUT2D eigenvalue weighted by atomic mass is 10.1. The molecule has 0 aliphatic carbocycles. The molecule has 0 aromatic heterocycles. The smallest absolute Gasteiger partial charge is 0.335 e. The predicted molar refractivity (Wildman–Crippen MR) is 79.4 cm³/mol. The molecule has 0 radical (unpaired) electrons. The van der Waals surface area contributed by atoms with Gasteiger partial charge in [0.1, 0.15) is 0 Å². The number of nitrogens with zero attached hydrogens (tertiary/aromatic N) is 2. The van der Waals surface area contributed by atoms with Crippen molar-refractivity contribution in [2.75, 3.05) is 38.5 Å². The average Bonchev–Trinajstić information content (AvgIpc) is 2.43. The summed E-state index contributed by atoms with van der Waals surface area (Å²) < 4.78 is 0. The summed E-state index contributed by atoms with van der Waals surface area (Å²) in [5.41, 5.74) is 4.24. The monoisotopic (exact) mass is 292 g/mol. The Morgan fingerprint density at radius 1 is 1.19 bits per heavy atom. The summed E-state index contributed by atoms with van der Waals surface area (Å²) in [7, 11) is 2.04. The number of urea groups is 1. The zero-order chi connectivity index (χ0) is 15.4. The van der Waals surface area contributed by atoms with Crippen LogP contribution in [-0.4, -0.2) is 60.2 Å². The Kier molecular flexibility index (Phi) is 4.77. The van der Waals surface area contributed by atoms with Crippen LogP contribution in [0.15, 0.2) is 18.2 Å². The van der Waals surface area contributed by atoms with Crippen LogP contribution in [0.1, 0.15) is 15.9 Å². The van der Waals surface area contributed by atoms with Crippen LogP contribution in [0.3, 0.4) is 0 Å². The first-order valence-corrected chi connectivity index (χ1v) is 6.81. The highest BCUT2D eigenvalue weighted by molar-refractivity contribution is 5.93. The van der Waals surface area contributed by atoms with Gasteiger partial charge < -0.3 is 15.3 Å². The molecular weight excluding hydrogens is 272 g/mol. The van der Waals surface area contributed by atoms with Gasteiger partial charge in [0, 0.05) is 31.9 Å². The van der Waals surface area contributed by atoms with Gasteiger partial charge in [0.25, 0.3) is 0 Å². The molecule has 7 heteroatoms. The minimum atomic E-state index is -1.02. The highest BCUT2D eigenvalue weighted by Crippen LogP contribution is 2.16. The van der Waals surface area contributed by atoms with Crippen LogP contribution in [-0.2, 0) is 0 Å². The minimum absolute atomic E-state index is 0.149. The predicted octanol–water partition coefficient (Wildman–Crippen LogP) is 0.977. The SMILES string of the molecule is Cc1ccc(C(=O)O)cc1NC(=O)NN1CCN(C)CC1. The van der Waals surface area contributed by atoms with E-state index in [2.05, 4.69) is 15.6 Å². The summed E-state index contributed by atoms with van der Waals surface area (Å²) in [6, 6.07) is 4.29. The molecule has 21 heavy (non-hydrogen) atoms. The zero-order valence-electron chi connectivity index (χ0n) is 12.2. The van der Waals surface area contributed by atoms with Gasteiger partial charge in [-0.15, -0.1) is 0 Å². The minimum Gasteiger partial charge on any atom is -0.478 e.